The van der Waals surface area contributed by atoms with Crippen LogP contribution in [0.4, 0.5) is 0 Å². The van der Waals surface area contributed by atoms with Crippen molar-refractivity contribution in [1.82, 2.24) is 4.72 Å². The van der Waals surface area contributed by atoms with Gasteiger partial charge in [0.05, 0.1) is 6.61 Å². The molecule has 3 N–H and O–H groups in total. The van der Waals surface area contributed by atoms with Crippen molar-refractivity contribution < 1.29 is 13.2 Å². The van der Waals surface area contributed by atoms with Crippen molar-refractivity contribution in [2.75, 3.05) is 13.2 Å². The van der Waals surface area contributed by atoms with E-state index in [-0.39, 0.29) is 6.04 Å². The van der Waals surface area contributed by atoms with E-state index < -0.39 is 10.2 Å². The summed E-state index contributed by atoms with van der Waals surface area (Å²) >= 11 is 0. The summed E-state index contributed by atoms with van der Waals surface area (Å²) < 4.78 is 28.0. The maximum absolute atomic E-state index is 10.4. The van der Waals surface area contributed by atoms with Gasteiger partial charge in [-0.15, -0.1) is 0 Å². The fraction of sp³-hybridized carbons (Fsp3) is 1.00. The highest BCUT2D eigenvalue weighted by Gasteiger charge is 2.18. The Morgan fingerprint density at radius 3 is 2.70 bits per heavy atom. The van der Waals surface area contributed by atoms with Crippen LogP contribution in [0.1, 0.15) is 6.42 Å². The van der Waals surface area contributed by atoms with Crippen molar-refractivity contribution in [3.63, 3.8) is 0 Å². The summed E-state index contributed by atoms with van der Waals surface area (Å²) in [6.07, 6.45) is 0.705. The van der Waals surface area contributed by atoms with Gasteiger partial charge in [0.1, 0.15) is 0 Å². The van der Waals surface area contributed by atoms with E-state index in [9.17, 15) is 8.42 Å². The van der Waals surface area contributed by atoms with Crippen LogP contribution in [0.2, 0.25) is 0 Å². The summed E-state index contributed by atoms with van der Waals surface area (Å²) in [5.74, 6) is 0. The molecule has 1 heterocycles. The Hall–Kier alpha value is -0.170. The van der Waals surface area contributed by atoms with Crippen molar-refractivity contribution in [3.8, 4) is 0 Å². The number of hydrogen-bond acceptors (Lipinski definition) is 3. The zero-order chi connectivity index (χ0) is 7.61. The van der Waals surface area contributed by atoms with E-state index in [1.807, 2.05) is 0 Å². The zero-order valence-electron chi connectivity index (χ0n) is 5.41. The van der Waals surface area contributed by atoms with Gasteiger partial charge in [-0.2, -0.15) is 13.1 Å². The first kappa shape index (κ1) is 7.93. The summed E-state index contributed by atoms with van der Waals surface area (Å²) in [5.41, 5.74) is 0. The van der Waals surface area contributed by atoms with Crippen LogP contribution < -0.4 is 9.86 Å². The number of ether oxygens (including phenoxy) is 1. The van der Waals surface area contributed by atoms with Crippen LogP contribution in [0.5, 0.6) is 0 Å². The van der Waals surface area contributed by atoms with Gasteiger partial charge in [-0.05, 0) is 6.42 Å². The summed E-state index contributed by atoms with van der Waals surface area (Å²) in [6, 6.07) is -0.130. The molecule has 60 valence electrons. The minimum absolute atomic E-state index is 0.130. The van der Waals surface area contributed by atoms with Gasteiger partial charge < -0.3 is 4.74 Å². The molecule has 1 atom stereocenters. The molecule has 0 saturated carbocycles. The SMILES string of the molecule is NS(=O)(=O)N[C@H]1CCOC1. The third-order valence-corrected chi connectivity index (χ3v) is 1.92. The Labute approximate surface area is 59.7 Å². The summed E-state index contributed by atoms with van der Waals surface area (Å²) in [7, 11) is -3.54. The molecule has 0 radical (unpaired) electrons. The average molecular weight is 166 g/mol. The molecule has 6 heteroatoms. The standard InChI is InChI=1S/C4H10N2O3S/c5-10(7,8)6-4-1-2-9-3-4/h4,6H,1-3H2,(H2,5,7,8)/t4-/m0/s1. The van der Waals surface area contributed by atoms with Crippen molar-refractivity contribution in [3.05, 3.63) is 0 Å². The van der Waals surface area contributed by atoms with E-state index in [0.717, 1.165) is 0 Å². The molecule has 0 bridgehead atoms. The highest BCUT2D eigenvalue weighted by Crippen LogP contribution is 2.02. The van der Waals surface area contributed by atoms with E-state index in [1.165, 1.54) is 0 Å². The first-order valence-corrected chi connectivity index (χ1v) is 4.50. The van der Waals surface area contributed by atoms with Gasteiger partial charge in [0, 0.05) is 12.6 Å². The Kier molecular flexibility index (Phi) is 2.24. The molecule has 1 aliphatic rings. The van der Waals surface area contributed by atoms with Crippen LogP contribution in [0.25, 0.3) is 0 Å². The predicted molar refractivity (Wildman–Crippen MR) is 35.5 cm³/mol. The summed E-state index contributed by atoms with van der Waals surface area (Å²) in [4.78, 5) is 0. The molecule has 5 nitrogen and oxygen atoms in total. The second kappa shape index (κ2) is 2.83. The van der Waals surface area contributed by atoms with Crippen molar-refractivity contribution in [1.29, 1.82) is 0 Å². The van der Waals surface area contributed by atoms with Crippen LogP contribution in [0, 0.1) is 0 Å². The maximum atomic E-state index is 10.4. The van der Waals surface area contributed by atoms with Gasteiger partial charge in [0.2, 0.25) is 0 Å². The third-order valence-electron chi connectivity index (χ3n) is 1.26. The third kappa shape index (κ3) is 2.61. The molecule has 0 aromatic heterocycles. The minimum atomic E-state index is -3.54. The molecule has 0 aliphatic carbocycles. The van der Waals surface area contributed by atoms with Crippen LogP contribution in [0.15, 0.2) is 0 Å². The lowest BCUT2D eigenvalue weighted by Crippen LogP contribution is -2.39. The molecule has 1 aliphatic heterocycles. The topological polar surface area (TPSA) is 81.4 Å². The fourth-order valence-corrected chi connectivity index (χ4v) is 1.51. The lowest BCUT2D eigenvalue weighted by Gasteiger charge is -2.05. The minimum Gasteiger partial charge on any atom is -0.380 e. The molecule has 0 amide bonds. The van der Waals surface area contributed by atoms with Crippen molar-refractivity contribution >= 4 is 10.2 Å². The Balaban J connectivity index is 2.38. The molecule has 0 aromatic rings. The highest BCUT2D eigenvalue weighted by atomic mass is 32.2. The van der Waals surface area contributed by atoms with Gasteiger partial charge in [-0.25, -0.2) is 5.14 Å². The van der Waals surface area contributed by atoms with Crippen LogP contribution >= 0.6 is 0 Å². The lowest BCUT2D eigenvalue weighted by molar-refractivity contribution is 0.192. The molecular formula is C4H10N2O3S. The highest BCUT2D eigenvalue weighted by molar-refractivity contribution is 7.87. The second-order valence-electron chi connectivity index (χ2n) is 2.22. The van der Waals surface area contributed by atoms with Gasteiger partial charge in [-0.3, -0.25) is 0 Å². The largest absolute Gasteiger partial charge is 0.380 e. The quantitative estimate of drug-likeness (QED) is 0.527. The normalized spacial score (nSPS) is 27.1. The maximum Gasteiger partial charge on any atom is 0.274 e. The van der Waals surface area contributed by atoms with Crippen molar-refractivity contribution in [2.45, 2.75) is 12.5 Å². The van der Waals surface area contributed by atoms with Gasteiger partial charge in [0.25, 0.3) is 10.2 Å². The van der Waals surface area contributed by atoms with Crippen LogP contribution in [0.3, 0.4) is 0 Å². The fourth-order valence-electron chi connectivity index (χ4n) is 0.860. The first-order valence-electron chi connectivity index (χ1n) is 2.96. The van der Waals surface area contributed by atoms with E-state index in [4.69, 9.17) is 9.88 Å². The summed E-state index contributed by atoms with van der Waals surface area (Å²) in [5, 5.41) is 4.72. The predicted octanol–water partition coefficient (Wildman–Crippen LogP) is -1.43. The average Bonchev–Trinajstić information content (AvgIpc) is 2.12. The molecule has 1 rings (SSSR count). The second-order valence-corrected chi connectivity index (χ2v) is 3.55. The van der Waals surface area contributed by atoms with E-state index in [1.54, 1.807) is 0 Å². The van der Waals surface area contributed by atoms with E-state index in [0.29, 0.717) is 19.6 Å². The van der Waals surface area contributed by atoms with Crippen LogP contribution in [-0.4, -0.2) is 27.7 Å². The number of rotatable bonds is 2. The molecular weight excluding hydrogens is 156 g/mol. The Morgan fingerprint density at radius 1 is 1.60 bits per heavy atom. The van der Waals surface area contributed by atoms with Gasteiger partial charge in [0.15, 0.2) is 0 Å². The molecule has 0 aromatic carbocycles. The van der Waals surface area contributed by atoms with Gasteiger partial charge in [-0.1, -0.05) is 0 Å². The van der Waals surface area contributed by atoms with Crippen LogP contribution in [-0.2, 0) is 14.9 Å². The molecule has 10 heavy (non-hydrogen) atoms. The number of nitrogens with one attached hydrogen (secondary N) is 1. The van der Waals surface area contributed by atoms with Gasteiger partial charge >= 0.3 is 0 Å². The molecule has 0 spiro atoms. The number of nitrogens with two attached hydrogens (primary N) is 1. The smallest absolute Gasteiger partial charge is 0.274 e. The Bertz CT molecular complexity index is 195. The number of hydrogen-bond donors (Lipinski definition) is 2. The van der Waals surface area contributed by atoms with E-state index >= 15 is 0 Å². The van der Waals surface area contributed by atoms with Crippen molar-refractivity contribution in [2.24, 2.45) is 5.14 Å². The lowest BCUT2D eigenvalue weighted by atomic mass is 10.3. The monoisotopic (exact) mass is 166 g/mol. The first-order chi connectivity index (χ1) is 4.58. The van der Waals surface area contributed by atoms with E-state index in [2.05, 4.69) is 4.72 Å². The summed E-state index contributed by atoms with van der Waals surface area (Å²) in [6.45, 7) is 1.03. The zero-order valence-corrected chi connectivity index (χ0v) is 6.23. The molecule has 1 fully saturated rings. The Morgan fingerprint density at radius 2 is 2.30 bits per heavy atom. The molecule has 0 unspecified atom stereocenters. The molecule has 1 saturated heterocycles.